The topological polar surface area (TPSA) is 26.0 Å². The van der Waals surface area contributed by atoms with Crippen LogP contribution in [0.25, 0.3) is 0 Å². The van der Waals surface area contributed by atoms with Gasteiger partial charge in [-0.3, -0.25) is 0 Å². The Balaban J connectivity index is 3.15. The van der Waals surface area contributed by atoms with Gasteiger partial charge in [-0.15, -0.1) is 0 Å². The van der Waals surface area contributed by atoms with Crippen LogP contribution in [0.4, 0.5) is 0 Å². The van der Waals surface area contributed by atoms with Crippen LogP contribution in [-0.2, 0) is 0 Å². The van der Waals surface area contributed by atoms with Gasteiger partial charge in [0.2, 0.25) is 0 Å². The summed E-state index contributed by atoms with van der Waals surface area (Å²) >= 11 is 0. The standard InChI is InChI=1S/C14H29N/c1-4-5-6-7-8-9-10-11-12-13(2)14(3)15/h4-12,15H2,1-3H3. The van der Waals surface area contributed by atoms with Crippen molar-refractivity contribution in [3.8, 4) is 0 Å². The van der Waals surface area contributed by atoms with E-state index in [1.54, 1.807) is 0 Å². The second-order valence-electron chi connectivity index (χ2n) is 4.69. The molecule has 0 aromatic rings. The number of allylic oxidation sites excluding steroid dienone is 2. The lowest BCUT2D eigenvalue weighted by molar-refractivity contribution is 0.574. The Morgan fingerprint density at radius 3 is 1.73 bits per heavy atom. The summed E-state index contributed by atoms with van der Waals surface area (Å²) in [6.07, 6.45) is 12.3. The van der Waals surface area contributed by atoms with Gasteiger partial charge in [0.25, 0.3) is 0 Å². The molecule has 0 atom stereocenters. The molecule has 90 valence electrons. The van der Waals surface area contributed by atoms with Crippen molar-refractivity contribution in [1.29, 1.82) is 0 Å². The van der Waals surface area contributed by atoms with Crippen LogP contribution in [-0.4, -0.2) is 0 Å². The van der Waals surface area contributed by atoms with Gasteiger partial charge in [-0.05, 0) is 26.7 Å². The van der Waals surface area contributed by atoms with Crippen LogP contribution in [0.5, 0.6) is 0 Å². The van der Waals surface area contributed by atoms with Crippen molar-refractivity contribution in [2.75, 3.05) is 0 Å². The highest BCUT2D eigenvalue weighted by Gasteiger charge is 1.94. The van der Waals surface area contributed by atoms with Crippen molar-refractivity contribution in [3.05, 3.63) is 11.3 Å². The molecule has 0 aromatic heterocycles. The molecule has 0 aliphatic heterocycles. The molecule has 1 heteroatoms. The van der Waals surface area contributed by atoms with Gasteiger partial charge < -0.3 is 5.73 Å². The number of hydrogen-bond donors (Lipinski definition) is 1. The third-order valence-corrected chi connectivity index (χ3v) is 3.08. The van der Waals surface area contributed by atoms with E-state index in [2.05, 4.69) is 13.8 Å². The predicted octanol–water partition coefficient (Wildman–Crippen LogP) is 4.77. The first-order valence-electron chi connectivity index (χ1n) is 6.60. The van der Waals surface area contributed by atoms with E-state index in [0.29, 0.717) is 0 Å². The van der Waals surface area contributed by atoms with Crippen molar-refractivity contribution in [2.24, 2.45) is 5.73 Å². The SMILES string of the molecule is CCCCCCCCCCC(C)=C(C)N. The second kappa shape index (κ2) is 10.1. The summed E-state index contributed by atoms with van der Waals surface area (Å²) in [7, 11) is 0. The van der Waals surface area contributed by atoms with E-state index in [0.717, 1.165) is 5.70 Å². The van der Waals surface area contributed by atoms with Gasteiger partial charge in [0.1, 0.15) is 0 Å². The molecule has 0 amide bonds. The molecule has 0 saturated carbocycles. The maximum Gasteiger partial charge on any atom is 0.00379 e. The van der Waals surface area contributed by atoms with Crippen molar-refractivity contribution in [3.63, 3.8) is 0 Å². The fraction of sp³-hybridized carbons (Fsp3) is 0.857. The summed E-state index contributed by atoms with van der Waals surface area (Å²) in [5.74, 6) is 0. The zero-order chi connectivity index (χ0) is 11.5. The van der Waals surface area contributed by atoms with E-state index in [1.807, 2.05) is 6.92 Å². The molecule has 0 rings (SSSR count). The fourth-order valence-electron chi connectivity index (χ4n) is 1.72. The molecular weight excluding hydrogens is 182 g/mol. The van der Waals surface area contributed by atoms with E-state index in [4.69, 9.17) is 5.73 Å². The van der Waals surface area contributed by atoms with Crippen LogP contribution < -0.4 is 5.73 Å². The highest BCUT2D eigenvalue weighted by Crippen LogP contribution is 2.13. The lowest BCUT2D eigenvalue weighted by Gasteiger charge is -2.04. The molecule has 0 saturated heterocycles. The van der Waals surface area contributed by atoms with Crippen LogP contribution in [0, 0.1) is 0 Å². The number of unbranched alkanes of at least 4 members (excludes halogenated alkanes) is 7. The molecule has 0 bridgehead atoms. The lowest BCUT2D eigenvalue weighted by atomic mass is 10.0. The highest BCUT2D eigenvalue weighted by molar-refractivity contribution is 5.04. The highest BCUT2D eigenvalue weighted by atomic mass is 14.6. The monoisotopic (exact) mass is 211 g/mol. The Morgan fingerprint density at radius 2 is 1.27 bits per heavy atom. The Hall–Kier alpha value is -0.460. The van der Waals surface area contributed by atoms with Crippen LogP contribution in [0.15, 0.2) is 11.3 Å². The van der Waals surface area contributed by atoms with E-state index < -0.39 is 0 Å². The van der Waals surface area contributed by atoms with Gasteiger partial charge in [0.15, 0.2) is 0 Å². The van der Waals surface area contributed by atoms with Gasteiger partial charge in [-0.1, -0.05) is 57.4 Å². The van der Waals surface area contributed by atoms with E-state index in [1.165, 1.54) is 63.4 Å². The van der Waals surface area contributed by atoms with Crippen molar-refractivity contribution >= 4 is 0 Å². The molecular formula is C14H29N. The first kappa shape index (κ1) is 14.5. The van der Waals surface area contributed by atoms with Crippen molar-refractivity contribution in [1.82, 2.24) is 0 Å². The van der Waals surface area contributed by atoms with Crippen LogP contribution in [0.2, 0.25) is 0 Å². The average molecular weight is 211 g/mol. The van der Waals surface area contributed by atoms with Crippen molar-refractivity contribution < 1.29 is 0 Å². The number of nitrogens with two attached hydrogens (primary N) is 1. The van der Waals surface area contributed by atoms with Gasteiger partial charge in [0.05, 0.1) is 0 Å². The van der Waals surface area contributed by atoms with Crippen LogP contribution in [0.3, 0.4) is 0 Å². The summed E-state index contributed by atoms with van der Waals surface area (Å²) in [5.41, 5.74) is 8.10. The van der Waals surface area contributed by atoms with Gasteiger partial charge >= 0.3 is 0 Å². The number of hydrogen-bond acceptors (Lipinski definition) is 1. The normalized spacial score (nSPS) is 12.7. The summed E-state index contributed by atoms with van der Waals surface area (Å²) in [5, 5.41) is 0. The third kappa shape index (κ3) is 9.84. The Morgan fingerprint density at radius 1 is 0.800 bits per heavy atom. The molecule has 0 unspecified atom stereocenters. The fourth-order valence-corrected chi connectivity index (χ4v) is 1.72. The minimum absolute atomic E-state index is 1.01. The van der Waals surface area contributed by atoms with E-state index in [9.17, 15) is 0 Å². The first-order chi connectivity index (χ1) is 7.18. The second-order valence-corrected chi connectivity index (χ2v) is 4.69. The molecule has 2 N–H and O–H groups in total. The first-order valence-corrected chi connectivity index (χ1v) is 6.60. The molecule has 1 nitrogen and oxygen atoms in total. The zero-order valence-corrected chi connectivity index (χ0v) is 10.9. The zero-order valence-electron chi connectivity index (χ0n) is 10.9. The lowest BCUT2D eigenvalue weighted by Crippen LogP contribution is -1.95. The summed E-state index contributed by atoms with van der Waals surface area (Å²) < 4.78 is 0. The molecule has 0 radical (unpaired) electrons. The molecule has 0 aromatic carbocycles. The largest absolute Gasteiger partial charge is 0.402 e. The Labute approximate surface area is 96.1 Å². The third-order valence-electron chi connectivity index (χ3n) is 3.08. The van der Waals surface area contributed by atoms with Gasteiger partial charge in [-0.25, -0.2) is 0 Å². The molecule has 0 spiro atoms. The minimum Gasteiger partial charge on any atom is -0.402 e. The molecule has 0 aliphatic rings. The maximum atomic E-state index is 5.71. The van der Waals surface area contributed by atoms with Crippen molar-refractivity contribution in [2.45, 2.75) is 78.6 Å². The molecule has 15 heavy (non-hydrogen) atoms. The van der Waals surface area contributed by atoms with E-state index in [-0.39, 0.29) is 0 Å². The predicted molar refractivity (Wildman–Crippen MR) is 69.8 cm³/mol. The Kier molecular flexibility index (Phi) is 9.76. The Bertz CT molecular complexity index is 166. The van der Waals surface area contributed by atoms with Gasteiger partial charge in [0, 0.05) is 5.70 Å². The minimum atomic E-state index is 1.01. The van der Waals surface area contributed by atoms with Crippen LogP contribution in [0.1, 0.15) is 78.6 Å². The maximum absolute atomic E-state index is 5.71. The molecule has 0 aliphatic carbocycles. The summed E-state index contributed by atoms with van der Waals surface area (Å²) in [6, 6.07) is 0. The number of rotatable bonds is 9. The quantitative estimate of drug-likeness (QED) is 0.546. The molecule has 0 fully saturated rings. The summed E-state index contributed by atoms with van der Waals surface area (Å²) in [6.45, 7) is 6.42. The van der Waals surface area contributed by atoms with Crippen LogP contribution >= 0.6 is 0 Å². The smallest absolute Gasteiger partial charge is 0.00379 e. The van der Waals surface area contributed by atoms with E-state index >= 15 is 0 Å². The summed E-state index contributed by atoms with van der Waals surface area (Å²) in [4.78, 5) is 0. The van der Waals surface area contributed by atoms with Gasteiger partial charge in [-0.2, -0.15) is 0 Å². The molecule has 0 heterocycles. The average Bonchev–Trinajstić information content (AvgIpc) is 2.21.